The zero-order valence-electron chi connectivity index (χ0n) is 12.8. The van der Waals surface area contributed by atoms with Gasteiger partial charge in [0, 0.05) is 24.2 Å². The molecule has 1 amide bonds. The third kappa shape index (κ3) is 4.19. The Morgan fingerprint density at radius 2 is 1.88 bits per heavy atom. The van der Waals surface area contributed by atoms with Crippen molar-refractivity contribution in [1.82, 2.24) is 10.3 Å². The molecule has 0 radical (unpaired) electrons. The molecule has 1 aromatic heterocycles. The largest absolute Gasteiger partial charge is 0.490 e. The molecule has 0 unspecified atom stereocenters. The number of aromatic nitrogens is 1. The van der Waals surface area contributed by atoms with Crippen molar-refractivity contribution in [3.05, 3.63) is 40.9 Å². The van der Waals surface area contributed by atoms with E-state index in [-0.39, 0.29) is 23.8 Å². The molecule has 2 aromatic rings. The summed E-state index contributed by atoms with van der Waals surface area (Å²) in [4.78, 5) is 16.4. The topological polar surface area (TPSA) is 77.2 Å². The molecule has 1 aliphatic rings. The Bertz CT molecular complexity index is 710. The molecule has 5 nitrogen and oxygen atoms in total. The molecule has 0 aliphatic heterocycles. The van der Waals surface area contributed by atoms with Crippen LogP contribution in [0.1, 0.15) is 35.4 Å². The summed E-state index contributed by atoms with van der Waals surface area (Å²) < 4.78 is 32.0. The molecule has 3 N–H and O–H groups in total. The minimum Gasteiger partial charge on any atom is -0.490 e. The van der Waals surface area contributed by atoms with Crippen molar-refractivity contribution in [3.63, 3.8) is 0 Å². The Hall–Kier alpha value is -2.22. The Balaban J connectivity index is 1.49. The van der Waals surface area contributed by atoms with E-state index in [9.17, 15) is 13.6 Å². The number of halogens is 2. The zero-order chi connectivity index (χ0) is 17.1. The summed E-state index contributed by atoms with van der Waals surface area (Å²) in [6.07, 6.45) is 4.23. The molecule has 1 saturated carbocycles. The molecule has 0 saturated heterocycles. The molecular weight excluding hydrogens is 336 g/mol. The first-order valence-electron chi connectivity index (χ1n) is 7.64. The fourth-order valence-corrected chi connectivity index (χ4v) is 3.35. The number of nitrogens with zero attached hydrogens (tertiary/aromatic N) is 1. The number of carbonyl (C=O) groups is 1. The number of nitrogens with two attached hydrogens (primary N) is 1. The maximum Gasteiger partial charge on any atom is 0.263 e. The number of hydrogen-bond donors (Lipinski definition) is 2. The highest BCUT2D eigenvalue weighted by Gasteiger charge is 2.24. The lowest BCUT2D eigenvalue weighted by atomic mass is 9.93. The summed E-state index contributed by atoms with van der Waals surface area (Å²) >= 11 is 1.15. The van der Waals surface area contributed by atoms with Crippen LogP contribution in [-0.2, 0) is 0 Å². The fraction of sp³-hybridized carbons (Fsp3) is 0.375. The van der Waals surface area contributed by atoms with Gasteiger partial charge in [0.15, 0.2) is 5.13 Å². The van der Waals surface area contributed by atoms with Gasteiger partial charge in [0.05, 0.1) is 12.3 Å². The minimum atomic E-state index is -0.658. The number of nitrogen functional groups attached to an aromatic ring is 1. The lowest BCUT2D eigenvalue weighted by molar-refractivity contribution is 0.0897. The minimum absolute atomic E-state index is 0.0462. The molecule has 0 atom stereocenters. The molecule has 1 fully saturated rings. The predicted octanol–water partition coefficient (Wildman–Crippen LogP) is 3.12. The van der Waals surface area contributed by atoms with Crippen molar-refractivity contribution < 1.29 is 18.3 Å². The van der Waals surface area contributed by atoms with E-state index in [4.69, 9.17) is 10.5 Å². The molecule has 1 aliphatic carbocycles. The van der Waals surface area contributed by atoms with Crippen molar-refractivity contribution in [2.75, 3.05) is 5.73 Å². The van der Waals surface area contributed by atoms with E-state index in [2.05, 4.69) is 10.3 Å². The van der Waals surface area contributed by atoms with Crippen molar-refractivity contribution in [1.29, 1.82) is 0 Å². The van der Waals surface area contributed by atoms with Crippen LogP contribution >= 0.6 is 11.3 Å². The van der Waals surface area contributed by atoms with Crippen LogP contribution in [0.5, 0.6) is 5.75 Å². The normalized spacial score (nSPS) is 20.6. The van der Waals surface area contributed by atoms with Gasteiger partial charge in [0.25, 0.3) is 5.91 Å². The molecule has 8 heteroatoms. The first-order chi connectivity index (χ1) is 11.5. The monoisotopic (exact) mass is 353 g/mol. The first kappa shape index (κ1) is 16.6. The van der Waals surface area contributed by atoms with Crippen LogP contribution in [0.4, 0.5) is 13.9 Å². The van der Waals surface area contributed by atoms with Gasteiger partial charge in [-0.25, -0.2) is 13.8 Å². The number of thiazole rings is 1. The molecule has 3 rings (SSSR count). The highest BCUT2D eigenvalue weighted by molar-refractivity contribution is 7.17. The maximum absolute atomic E-state index is 13.2. The predicted molar refractivity (Wildman–Crippen MR) is 87.0 cm³/mol. The van der Waals surface area contributed by atoms with Crippen LogP contribution in [0, 0.1) is 11.6 Å². The summed E-state index contributed by atoms with van der Waals surface area (Å²) in [5.41, 5.74) is 5.52. The van der Waals surface area contributed by atoms with Gasteiger partial charge in [-0.2, -0.15) is 0 Å². The van der Waals surface area contributed by atoms with E-state index in [1.165, 1.54) is 18.3 Å². The summed E-state index contributed by atoms with van der Waals surface area (Å²) in [6, 6.07) is 3.20. The second-order valence-electron chi connectivity index (χ2n) is 5.73. The number of anilines is 1. The molecule has 24 heavy (non-hydrogen) atoms. The van der Waals surface area contributed by atoms with Gasteiger partial charge < -0.3 is 15.8 Å². The average Bonchev–Trinajstić information content (AvgIpc) is 2.95. The number of carbonyl (C=O) groups excluding carboxylic acids is 1. The van der Waals surface area contributed by atoms with E-state index in [0.717, 1.165) is 30.2 Å². The van der Waals surface area contributed by atoms with Crippen LogP contribution < -0.4 is 15.8 Å². The Kier molecular flexibility index (Phi) is 4.94. The van der Waals surface area contributed by atoms with Crippen LogP contribution in [-0.4, -0.2) is 23.0 Å². The Labute approximate surface area is 141 Å². The lowest BCUT2D eigenvalue weighted by Crippen LogP contribution is -2.39. The van der Waals surface area contributed by atoms with Gasteiger partial charge in [-0.1, -0.05) is 11.3 Å². The fourth-order valence-electron chi connectivity index (χ4n) is 2.76. The summed E-state index contributed by atoms with van der Waals surface area (Å²) in [7, 11) is 0. The van der Waals surface area contributed by atoms with E-state index in [0.29, 0.717) is 22.9 Å². The van der Waals surface area contributed by atoms with Gasteiger partial charge in [-0.3, -0.25) is 4.79 Å². The van der Waals surface area contributed by atoms with Gasteiger partial charge in [0.1, 0.15) is 22.3 Å². The Morgan fingerprint density at radius 3 is 2.46 bits per heavy atom. The van der Waals surface area contributed by atoms with E-state index in [1.54, 1.807) is 0 Å². The zero-order valence-corrected chi connectivity index (χ0v) is 13.6. The molecular formula is C16H17F2N3O2S. The number of hydrogen-bond acceptors (Lipinski definition) is 5. The summed E-state index contributed by atoms with van der Waals surface area (Å²) in [5, 5.41) is 3.31. The van der Waals surface area contributed by atoms with Gasteiger partial charge in [0.2, 0.25) is 0 Å². The van der Waals surface area contributed by atoms with Gasteiger partial charge >= 0.3 is 0 Å². The molecule has 0 bridgehead atoms. The summed E-state index contributed by atoms with van der Waals surface area (Å²) in [5.74, 6) is -1.30. The van der Waals surface area contributed by atoms with Crippen molar-refractivity contribution in [3.8, 4) is 5.75 Å². The number of nitrogens with one attached hydrogen (secondary N) is 1. The Morgan fingerprint density at radius 1 is 1.21 bits per heavy atom. The van der Waals surface area contributed by atoms with Crippen LogP contribution in [0.25, 0.3) is 0 Å². The number of benzene rings is 1. The maximum atomic E-state index is 13.2. The van der Waals surface area contributed by atoms with E-state index < -0.39 is 11.6 Å². The molecule has 1 heterocycles. The second-order valence-corrected chi connectivity index (χ2v) is 6.80. The molecule has 1 aromatic carbocycles. The van der Waals surface area contributed by atoms with Crippen molar-refractivity contribution in [2.45, 2.75) is 37.8 Å². The second kappa shape index (κ2) is 7.12. The SMILES string of the molecule is Nc1ncc(C(=O)NC2CCC(Oc3cc(F)cc(F)c3)CC2)s1. The number of rotatable bonds is 4. The summed E-state index contributed by atoms with van der Waals surface area (Å²) in [6.45, 7) is 0. The lowest BCUT2D eigenvalue weighted by Gasteiger charge is -2.29. The number of amides is 1. The van der Waals surface area contributed by atoms with Crippen LogP contribution in [0.3, 0.4) is 0 Å². The third-order valence-corrected chi connectivity index (χ3v) is 4.72. The van der Waals surface area contributed by atoms with Crippen molar-refractivity contribution >= 4 is 22.4 Å². The van der Waals surface area contributed by atoms with Gasteiger partial charge in [-0.05, 0) is 25.7 Å². The van der Waals surface area contributed by atoms with E-state index >= 15 is 0 Å². The smallest absolute Gasteiger partial charge is 0.263 e. The standard InChI is InChI=1S/C16H17F2N3O2S/c17-9-5-10(18)7-13(6-9)23-12-3-1-11(2-4-12)21-15(22)14-8-20-16(19)24-14/h5-8,11-12H,1-4H2,(H2,19,20)(H,21,22). The first-order valence-corrected chi connectivity index (χ1v) is 8.46. The van der Waals surface area contributed by atoms with Crippen LogP contribution in [0.2, 0.25) is 0 Å². The quantitative estimate of drug-likeness (QED) is 0.885. The average molecular weight is 353 g/mol. The highest BCUT2D eigenvalue weighted by Crippen LogP contribution is 2.25. The van der Waals surface area contributed by atoms with Crippen molar-refractivity contribution in [2.24, 2.45) is 0 Å². The van der Waals surface area contributed by atoms with E-state index in [1.807, 2.05) is 0 Å². The van der Waals surface area contributed by atoms with Crippen LogP contribution in [0.15, 0.2) is 24.4 Å². The molecule has 128 valence electrons. The van der Waals surface area contributed by atoms with Gasteiger partial charge in [-0.15, -0.1) is 0 Å². The molecule has 0 spiro atoms. The third-order valence-electron chi connectivity index (χ3n) is 3.90. The highest BCUT2D eigenvalue weighted by atomic mass is 32.1. The number of ether oxygens (including phenoxy) is 1.